The maximum absolute atomic E-state index is 10.3. The Bertz CT molecular complexity index is 580. The van der Waals surface area contributed by atoms with E-state index in [1.807, 2.05) is 12.1 Å². The Hall–Kier alpha value is -1.62. The molecule has 0 saturated carbocycles. The second-order valence-corrected chi connectivity index (χ2v) is 6.76. The first-order chi connectivity index (χ1) is 11.5. The number of hydrogen-bond donors (Lipinski definition) is 1. The molecule has 0 saturated heterocycles. The predicted octanol–water partition coefficient (Wildman–Crippen LogP) is 3.62. The fraction of sp³-hybridized carbons (Fsp3) is 0.500. The van der Waals surface area contributed by atoms with Crippen LogP contribution in [0.1, 0.15) is 30.7 Å². The summed E-state index contributed by atoms with van der Waals surface area (Å²) in [7, 11) is 0. The lowest BCUT2D eigenvalue weighted by Gasteiger charge is -2.27. The topological polar surface area (TPSA) is 45.8 Å². The molecule has 1 heterocycles. The molecule has 0 bridgehead atoms. The maximum Gasteiger partial charge on any atom is 0.129 e. The number of nitrogens with zero attached hydrogens (tertiary/aromatic N) is 1. The van der Waals surface area contributed by atoms with Crippen LogP contribution in [0.25, 0.3) is 0 Å². The molecule has 1 N–H and O–H groups in total. The highest BCUT2D eigenvalue weighted by Gasteiger charge is 2.15. The molecule has 0 fully saturated rings. The maximum atomic E-state index is 10.3. The van der Waals surface area contributed by atoms with E-state index in [4.69, 9.17) is 9.15 Å². The SMILES string of the molecule is Cc1ccccc1CN(CC(C)C)CC(O)COCc1ccco1. The van der Waals surface area contributed by atoms with Crippen molar-refractivity contribution < 1.29 is 14.3 Å². The number of aryl methyl sites for hydroxylation is 1. The van der Waals surface area contributed by atoms with E-state index in [-0.39, 0.29) is 0 Å². The summed E-state index contributed by atoms with van der Waals surface area (Å²) in [6.07, 6.45) is 1.12. The first kappa shape index (κ1) is 18.7. The molecule has 1 unspecified atom stereocenters. The van der Waals surface area contributed by atoms with Gasteiger partial charge in [0.1, 0.15) is 12.4 Å². The number of ether oxygens (including phenoxy) is 1. The number of aliphatic hydroxyl groups is 1. The van der Waals surface area contributed by atoms with Gasteiger partial charge >= 0.3 is 0 Å². The Morgan fingerprint density at radius 1 is 1.12 bits per heavy atom. The van der Waals surface area contributed by atoms with Gasteiger partial charge in [-0.25, -0.2) is 0 Å². The summed E-state index contributed by atoms with van der Waals surface area (Å²) in [5.74, 6) is 1.33. The van der Waals surface area contributed by atoms with Gasteiger partial charge < -0.3 is 14.3 Å². The highest BCUT2D eigenvalue weighted by atomic mass is 16.5. The normalized spacial score (nSPS) is 12.9. The molecule has 2 aromatic rings. The molecular formula is C20H29NO3. The predicted molar refractivity (Wildman–Crippen MR) is 95.7 cm³/mol. The molecule has 0 radical (unpaired) electrons. The molecule has 24 heavy (non-hydrogen) atoms. The molecule has 0 aliphatic carbocycles. The third kappa shape index (κ3) is 6.48. The van der Waals surface area contributed by atoms with Crippen LogP contribution in [0.3, 0.4) is 0 Å². The molecule has 1 aromatic carbocycles. The van der Waals surface area contributed by atoms with Crippen LogP contribution in [-0.4, -0.2) is 35.8 Å². The van der Waals surface area contributed by atoms with Crippen molar-refractivity contribution in [3.63, 3.8) is 0 Å². The summed E-state index contributed by atoms with van der Waals surface area (Å²) in [4.78, 5) is 2.30. The fourth-order valence-electron chi connectivity index (χ4n) is 2.79. The quantitative estimate of drug-likeness (QED) is 0.722. The first-order valence-electron chi connectivity index (χ1n) is 8.59. The Kier molecular flexibility index (Phi) is 7.50. The third-order valence-corrected chi connectivity index (χ3v) is 3.88. The van der Waals surface area contributed by atoms with Crippen molar-refractivity contribution in [1.82, 2.24) is 4.90 Å². The lowest BCUT2D eigenvalue weighted by Crippen LogP contribution is -2.37. The molecule has 0 spiro atoms. The van der Waals surface area contributed by atoms with Crippen molar-refractivity contribution in [3.05, 3.63) is 59.5 Å². The lowest BCUT2D eigenvalue weighted by atomic mass is 10.1. The summed E-state index contributed by atoms with van der Waals surface area (Å²) in [5, 5.41) is 10.3. The average Bonchev–Trinajstić information content (AvgIpc) is 3.02. The standard InChI is InChI=1S/C20H29NO3/c1-16(2)11-21(12-18-8-5-4-7-17(18)3)13-19(22)14-23-15-20-9-6-10-24-20/h4-10,16,19,22H,11-15H2,1-3H3. The van der Waals surface area contributed by atoms with Crippen LogP contribution < -0.4 is 0 Å². The van der Waals surface area contributed by atoms with Gasteiger partial charge in [-0.15, -0.1) is 0 Å². The van der Waals surface area contributed by atoms with Gasteiger partial charge in [-0.2, -0.15) is 0 Å². The van der Waals surface area contributed by atoms with Crippen LogP contribution in [0.5, 0.6) is 0 Å². The van der Waals surface area contributed by atoms with Crippen molar-refractivity contribution in [2.45, 2.75) is 40.0 Å². The van der Waals surface area contributed by atoms with Gasteiger partial charge in [0.25, 0.3) is 0 Å². The molecule has 1 aromatic heterocycles. The summed E-state index contributed by atoms with van der Waals surface area (Å²) < 4.78 is 10.8. The molecule has 0 aliphatic heterocycles. The van der Waals surface area contributed by atoms with E-state index in [2.05, 4.69) is 49.9 Å². The first-order valence-corrected chi connectivity index (χ1v) is 8.59. The van der Waals surface area contributed by atoms with Crippen LogP contribution in [0.4, 0.5) is 0 Å². The monoisotopic (exact) mass is 331 g/mol. The van der Waals surface area contributed by atoms with Crippen LogP contribution in [-0.2, 0) is 17.9 Å². The highest BCUT2D eigenvalue weighted by molar-refractivity contribution is 5.25. The number of benzene rings is 1. The summed E-state index contributed by atoms with van der Waals surface area (Å²) in [5.41, 5.74) is 2.59. The van der Waals surface area contributed by atoms with E-state index in [0.717, 1.165) is 18.8 Å². The molecule has 4 heteroatoms. The molecule has 1 atom stereocenters. The highest BCUT2D eigenvalue weighted by Crippen LogP contribution is 2.13. The Morgan fingerprint density at radius 3 is 2.58 bits per heavy atom. The van der Waals surface area contributed by atoms with Crippen molar-refractivity contribution in [3.8, 4) is 0 Å². The Balaban J connectivity index is 1.84. The largest absolute Gasteiger partial charge is 0.467 e. The van der Waals surface area contributed by atoms with Gasteiger partial charge in [0.05, 0.1) is 19.0 Å². The molecular weight excluding hydrogens is 302 g/mol. The summed E-state index contributed by atoms with van der Waals surface area (Å²) in [6, 6.07) is 12.1. The minimum atomic E-state index is -0.511. The van der Waals surface area contributed by atoms with Crippen LogP contribution in [0.2, 0.25) is 0 Å². The van der Waals surface area contributed by atoms with Crippen LogP contribution >= 0.6 is 0 Å². The fourth-order valence-corrected chi connectivity index (χ4v) is 2.79. The van der Waals surface area contributed by atoms with E-state index in [1.54, 1.807) is 6.26 Å². The Labute approximate surface area is 145 Å². The molecule has 4 nitrogen and oxygen atoms in total. The zero-order chi connectivity index (χ0) is 17.4. The van der Waals surface area contributed by atoms with E-state index < -0.39 is 6.10 Å². The minimum Gasteiger partial charge on any atom is -0.467 e. The second kappa shape index (κ2) is 9.62. The molecule has 132 valence electrons. The average molecular weight is 331 g/mol. The van der Waals surface area contributed by atoms with Gasteiger partial charge in [-0.1, -0.05) is 38.1 Å². The van der Waals surface area contributed by atoms with E-state index in [0.29, 0.717) is 25.7 Å². The van der Waals surface area contributed by atoms with E-state index >= 15 is 0 Å². The van der Waals surface area contributed by atoms with Gasteiger partial charge in [0.2, 0.25) is 0 Å². The van der Waals surface area contributed by atoms with Crippen molar-refractivity contribution in [2.24, 2.45) is 5.92 Å². The third-order valence-electron chi connectivity index (χ3n) is 3.88. The van der Waals surface area contributed by atoms with Gasteiger partial charge in [-0.05, 0) is 36.1 Å². The smallest absolute Gasteiger partial charge is 0.129 e. The zero-order valence-electron chi connectivity index (χ0n) is 14.9. The second-order valence-electron chi connectivity index (χ2n) is 6.76. The lowest BCUT2D eigenvalue weighted by molar-refractivity contribution is 0.00221. The van der Waals surface area contributed by atoms with Crippen LogP contribution in [0.15, 0.2) is 47.1 Å². The molecule has 0 aliphatic rings. The number of aliphatic hydroxyl groups excluding tert-OH is 1. The molecule has 0 amide bonds. The van der Waals surface area contributed by atoms with E-state index in [1.165, 1.54) is 11.1 Å². The van der Waals surface area contributed by atoms with Gasteiger partial charge in [0.15, 0.2) is 0 Å². The van der Waals surface area contributed by atoms with Gasteiger partial charge in [0, 0.05) is 19.6 Å². The zero-order valence-corrected chi connectivity index (χ0v) is 14.9. The Morgan fingerprint density at radius 2 is 1.92 bits per heavy atom. The number of rotatable bonds is 10. The van der Waals surface area contributed by atoms with E-state index in [9.17, 15) is 5.11 Å². The van der Waals surface area contributed by atoms with Crippen molar-refractivity contribution in [2.75, 3.05) is 19.7 Å². The van der Waals surface area contributed by atoms with Crippen LogP contribution in [0, 0.1) is 12.8 Å². The number of hydrogen-bond acceptors (Lipinski definition) is 4. The molecule has 2 rings (SSSR count). The summed E-state index contributed by atoms with van der Waals surface area (Å²) in [6.45, 7) is 9.63. The minimum absolute atomic E-state index is 0.309. The van der Waals surface area contributed by atoms with Gasteiger partial charge in [-0.3, -0.25) is 4.90 Å². The number of furan rings is 1. The van der Waals surface area contributed by atoms with Crippen molar-refractivity contribution in [1.29, 1.82) is 0 Å². The van der Waals surface area contributed by atoms with Crippen molar-refractivity contribution >= 4 is 0 Å². The summed E-state index contributed by atoms with van der Waals surface area (Å²) >= 11 is 0.